The monoisotopic (exact) mass is 479 g/mol. The van der Waals surface area contributed by atoms with Gasteiger partial charge in [0, 0.05) is 31.8 Å². The Morgan fingerprint density at radius 3 is 2.73 bits per heavy atom. The highest BCUT2D eigenvalue weighted by molar-refractivity contribution is 6.30. The number of hydrogen-bond donors (Lipinski definition) is 0. The van der Waals surface area contributed by atoms with Crippen LogP contribution < -0.4 is 4.74 Å². The summed E-state index contributed by atoms with van der Waals surface area (Å²) in [6, 6.07) is 11.5. The number of amides is 2. The number of halogens is 3. The van der Waals surface area contributed by atoms with Crippen molar-refractivity contribution in [1.29, 1.82) is 0 Å². The average Bonchev–Trinajstić information content (AvgIpc) is 2.79. The molecule has 2 aliphatic heterocycles. The molecule has 7 nitrogen and oxygen atoms in total. The molecule has 0 saturated carbocycles. The molecule has 1 aromatic carbocycles. The number of aromatic nitrogens is 1. The number of hydrogen-bond acceptors (Lipinski definition) is 5. The van der Waals surface area contributed by atoms with Crippen LogP contribution in [-0.2, 0) is 16.1 Å². The molecule has 2 aliphatic rings. The van der Waals surface area contributed by atoms with Crippen molar-refractivity contribution in [3.05, 3.63) is 59.2 Å². The van der Waals surface area contributed by atoms with E-state index in [-0.39, 0.29) is 24.9 Å². The normalized spacial score (nSPS) is 22.8. The molecule has 10 heteroatoms. The average molecular weight is 480 g/mol. The minimum absolute atomic E-state index is 0.0433. The molecule has 1 unspecified atom stereocenters. The fourth-order valence-corrected chi connectivity index (χ4v) is 4.26. The fourth-order valence-electron chi connectivity index (χ4n) is 4.15. The Kier molecular flexibility index (Phi) is 7.09. The molecule has 1 aromatic heterocycles. The maximum Gasteiger partial charge on any atom is 0.416 e. The lowest BCUT2D eigenvalue weighted by atomic mass is 9.97. The number of rotatable bonds is 5. The highest BCUT2D eigenvalue weighted by atomic mass is 35.5. The van der Waals surface area contributed by atoms with Gasteiger partial charge in [0.05, 0.1) is 24.2 Å². The van der Waals surface area contributed by atoms with Gasteiger partial charge in [-0.3, -0.25) is 9.69 Å². The van der Waals surface area contributed by atoms with E-state index in [1.54, 1.807) is 0 Å². The molecular formula is C23H24ClF2N3O4. The van der Waals surface area contributed by atoms with Gasteiger partial charge in [-0.1, -0.05) is 41.9 Å². The summed E-state index contributed by atoms with van der Waals surface area (Å²) in [5.74, 6) is -3.53. The van der Waals surface area contributed by atoms with Crippen LogP contribution in [0.25, 0.3) is 0 Å². The van der Waals surface area contributed by atoms with Crippen molar-refractivity contribution in [1.82, 2.24) is 14.8 Å². The quantitative estimate of drug-likeness (QED) is 0.644. The number of likely N-dealkylation sites (tertiary alicyclic amines) is 2. The summed E-state index contributed by atoms with van der Waals surface area (Å²) >= 11 is 5.76. The Bertz CT molecular complexity index is 977. The van der Waals surface area contributed by atoms with Crippen molar-refractivity contribution in [2.75, 3.05) is 19.6 Å². The third kappa shape index (κ3) is 5.97. The molecule has 0 aliphatic carbocycles. The Balaban J connectivity index is 1.41. The van der Waals surface area contributed by atoms with Crippen LogP contribution in [0.1, 0.15) is 24.8 Å². The Labute approximate surface area is 195 Å². The SMILES string of the molecule is O=C(Oc1ccc(Cl)cn1)N1C[C@H](N2CCCC(OCc3ccccc3)C2=O)CC(F)(F)C1. The van der Waals surface area contributed by atoms with Crippen molar-refractivity contribution >= 4 is 23.6 Å². The first-order chi connectivity index (χ1) is 15.8. The zero-order valence-corrected chi connectivity index (χ0v) is 18.6. The van der Waals surface area contributed by atoms with Gasteiger partial charge in [-0.05, 0) is 24.5 Å². The molecule has 2 saturated heterocycles. The van der Waals surface area contributed by atoms with Gasteiger partial charge < -0.3 is 14.4 Å². The number of benzene rings is 1. The van der Waals surface area contributed by atoms with E-state index in [0.717, 1.165) is 10.5 Å². The standard InChI is InChI=1S/C23H24ClF2N3O4/c24-17-8-9-20(27-12-17)33-22(31)28-13-18(11-23(25,26)15-28)29-10-4-7-19(21(29)30)32-14-16-5-2-1-3-6-16/h1-3,5-6,8-9,12,18-19H,4,7,10-11,13-15H2/t18-,19?/m1/s1. The molecule has 2 amide bonds. The van der Waals surface area contributed by atoms with Crippen LogP contribution in [0.3, 0.4) is 0 Å². The molecule has 33 heavy (non-hydrogen) atoms. The molecule has 2 aromatic rings. The summed E-state index contributed by atoms with van der Waals surface area (Å²) in [5, 5.41) is 0.354. The first-order valence-electron chi connectivity index (χ1n) is 10.7. The summed E-state index contributed by atoms with van der Waals surface area (Å²) in [6.45, 7) is -0.240. The van der Waals surface area contributed by atoms with Crippen molar-refractivity contribution in [3.63, 3.8) is 0 Å². The van der Waals surface area contributed by atoms with Crippen LogP contribution in [0.15, 0.2) is 48.7 Å². The van der Waals surface area contributed by atoms with Crippen molar-refractivity contribution in [3.8, 4) is 5.88 Å². The smallest absolute Gasteiger partial charge is 0.391 e. The number of ether oxygens (including phenoxy) is 2. The van der Waals surface area contributed by atoms with Crippen LogP contribution >= 0.6 is 11.6 Å². The Morgan fingerprint density at radius 1 is 1.21 bits per heavy atom. The second kappa shape index (κ2) is 10.0. The van der Waals surface area contributed by atoms with E-state index in [0.29, 0.717) is 24.4 Å². The summed E-state index contributed by atoms with van der Waals surface area (Å²) in [7, 11) is 0. The fraction of sp³-hybridized carbons (Fsp3) is 0.435. The van der Waals surface area contributed by atoms with Crippen LogP contribution in [0, 0.1) is 0 Å². The highest BCUT2D eigenvalue weighted by Gasteiger charge is 2.47. The van der Waals surface area contributed by atoms with Crippen LogP contribution in [-0.4, -0.2) is 64.5 Å². The van der Waals surface area contributed by atoms with E-state index < -0.39 is 37.1 Å². The molecule has 2 atom stereocenters. The lowest BCUT2D eigenvalue weighted by Crippen LogP contribution is -2.61. The number of nitrogens with zero attached hydrogens (tertiary/aromatic N) is 3. The third-order valence-electron chi connectivity index (χ3n) is 5.70. The predicted molar refractivity (Wildman–Crippen MR) is 116 cm³/mol. The minimum atomic E-state index is -3.16. The lowest BCUT2D eigenvalue weighted by Gasteiger charge is -2.44. The second-order valence-electron chi connectivity index (χ2n) is 8.24. The third-order valence-corrected chi connectivity index (χ3v) is 5.92. The molecule has 2 fully saturated rings. The first-order valence-corrected chi connectivity index (χ1v) is 11.1. The maximum absolute atomic E-state index is 14.6. The van der Waals surface area contributed by atoms with E-state index in [2.05, 4.69) is 4.98 Å². The van der Waals surface area contributed by atoms with Gasteiger partial charge in [-0.25, -0.2) is 18.6 Å². The molecule has 0 radical (unpaired) electrons. The van der Waals surface area contributed by atoms with Crippen molar-refractivity contribution < 1.29 is 27.8 Å². The van der Waals surface area contributed by atoms with Gasteiger partial charge in [-0.2, -0.15) is 0 Å². The number of pyridine rings is 1. The summed E-state index contributed by atoms with van der Waals surface area (Å²) in [4.78, 5) is 31.8. The number of carbonyl (C=O) groups excluding carboxylic acids is 2. The first kappa shape index (κ1) is 23.4. The molecule has 3 heterocycles. The molecule has 4 rings (SSSR count). The lowest BCUT2D eigenvalue weighted by molar-refractivity contribution is -0.158. The minimum Gasteiger partial charge on any atom is -0.391 e. The number of piperidine rings is 2. The summed E-state index contributed by atoms with van der Waals surface area (Å²) < 4.78 is 40.1. The van der Waals surface area contributed by atoms with Gasteiger partial charge in [0.2, 0.25) is 5.88 Å². The molecule has 176 valence electrons. The maximum atomic E-state index is 14.6. The van der Waals surface area contributed by atoms with Gasteiger partial charge in [0.25, 0.3) is 11.8 Å². The largest absolute Gasteiger partial charge is 0.416 e. The van der Waals surface area contributed by atoms with Crippen LogP contribution in [0.2, 0.25) is 5.02 Å². The Morgan fingerprint density at radius 2 is 2.00 bits per heavy atom. The highest BCUT2D eigenvalue weighted by Crippen LogP contribution is 2.32. The van der Waals surface area contributed by atoms with E-state index in [1.807, 2.05) is 30.3 Å². The van der Waals surface area contributed by atoms with Gasteiger partial charge in [0.15, 0.2) is 0 Å². The van der Waals surface area contributed by atoms with Crippen LogP contribution in [0.5, 0.6) is 5.88 Å². The van der Waals surface area contributed by atoms with Gasteiger partial charge >= 0.3 is 6.09 Å². The van der Waals surface area contributed by atoms with Gasteiger partial charge in [0.1, 0.15) is 6.10 Å². The van der Waals surface area contributed by atoms with Crippen molar-refractivity contribution in [2.45, 2.75) is 43.9 Å². The van der Waals surface area contributed by atoms with E-state index >= 15 is 0 Å². The predicted octanol–water partition coefficient (Wildman–Crippen LogP) is 4.15. The summed E-state index contributed by atoms with van der Waals surface area (Å²) in [6.07, 6.45) is 0.280. The van der Waals surface area contributed by atoms with E-state index in [1.165, 1.54) is 23.2 Å². The van der Waals surface area contributed by atoms with Gasteiger partial charge in [-0.15, -0.1) is 0 Å². The second-order valence-corrected chi connectivity index (χ2v) is 8.67. The Hall–Kier alpha value is -2.78. The number of alkyl halides is 2. The topological polar surface area (TPSA) is 72.0 Å². The van der Waals surface area contributed by atoms with E-state index in [9.17, 15) is 18.4 Å². The zero-order chi connectivity index (χ0) is 23.4. The molecule has 0 bridgehead atoms. The van der Waals surface area contributed by atoms with Crippen LogP contribution in [0.4, 0.5) is 13.6 Å². The van der Waals surface area contributed by atoms with E-state index in [4.69, 9.17) is 21.1 Å². The summed E-state index contributed by atoms with van der Waals surface area (Å²) in [5.41, 5.74) is 0.927. The molecule has 0 N–H and O–H groups in total. The zero-order valence-electron chi connectivity index (χ0n) is 17.8. The number of carbonyl (C=O) groups is 2. The van der Waals surface area contributed by atoms with Crippen molar-refractivity contribution in [2.24, 2.45) is 0 Å². The molecular weight excluding hydrogens is 456 g/mol. The molecule has 0 spiro atoms.